The van der Waals surface area contributed by atoms with E-state index >= 15 is 0 Å². The summed E-state index contributed by atoms with van der Waals surface area (Å²) in [6, 6.07) is 13.5. The van der Waals surface area contributed by atoms with Gasteiger partial charge in [0.25, 0.3) is 5.91 Å². The Morgan fingerprint density at radius 2 is 1.90 bits per heavy atom. The van der Waals surface area contributed by atoms with Crippen LogP contribution in [-0.2, 0) is 6.54 Å². The third-order valence-corrected chi connectivity index (χ3v) is 3.82. The highest BCUT2D eigenvalue weighted by Crippen LogP contribution is 2.30. The van der Waals surface area contributed by atoms with Crippen LogP contribution in [0.4, 0.5) is 4.39 Å². The molecule has 0 spiro atoms. The Morgan fingerprint density at radius 3 is 2.52 bits per heavy atom. The number of carbonyl (C=O) groups excluding carboxylic acids is 1. The van der Waals surface area contributed by atoms with E-state index < -0.39 is 0 Å². The van der Waals surface area contributed by atoms with E-state index in [1.54, 1.807) is 36.4 Å². The van der Waals surface area contributed by atoms with Crippen molar-refractivity contribution in [3.8, 4) is 0 Å². The molecule has 3 rings (SSSR count). The fraction of sp³-hybridized carbons (Fsp3) is 0.235. The third-order valence-electron chi connectivity index (χ3n) is 3.59. The molecule has 1 fully saturated rings. The first-order valence-corrected chi connectivity index (χ1v) is 7.32. The summed E-state index contributed by atoms with van der Waals surface area (Å²) in [6.45, 7) is 0.496. The van der Waals surface area contributed by atoms with Crippen LogP contribution in [0.3, 0.4) is 0 Å². The lowest BCUT2D eigenvalue weighted by Gasteiger charge is -2.22. The van der Waals surface area contributed by atoms with Crippen LogP contribution in [0.15, 0.2) is 48.5 Å². The molecular weight excluding hydrogens is 289 g/mol. The fourth-order valence-corrected chi connectivity index (χ4v) is 2.52. The summed E-state index contributed by atoms with van der Waals surface area (Å²) >= 11 is 5.95. The molecule has 21 heavy (non-hydrogen) atoms. The van der Waals surface area contributed by atoms with E-state index in [1.165, 1.54) is 12.1 Å². The van der Waals surface area contributed by atoms with Gasteiger partial charge in [0.05, 0.1) is 0 Å². The summed E-state index contributed by atoms with van der Waals surface area (Å²) in [7, 11) is 0. The van der Waals surface area contributed by atoms with Crippen LogP contribution in [0, 0.1) is 5.82 Å². The molecule has 0 heterocycles. The Kier molecular flexibility index (Phi) is 3.93. The number of halogens is 2. The molecule has 1 aliphatic rings. The molecular formula is C17H15ClFNO. The second-order valence-electron chi connectivity index (χ2n) is 5.30. The number of benzene rings is 2. The molecule has 0 saturated heterocycles. The summed E-state index contributed by atoms with van der Waals surface area (Å²) in [4.78, 5) is 14.5. The smallest absolute Gasteiger partial charge is 0.254 e. The Hall–Kier alpha value is -1.87. The maximum absolute atomic E-state index is 13.0. The monoisotopic (exact) mass is 303 g/mol. The first kappa shape index (κ1) is 14.1. The zero-order chi connectivity index (χ0) is 14.8. The molecule has 0 aromatic heterocycles. The minimum atomic E-state index is -0.266. The third kappa shape index (κ3) is 3.42. The van der Waals surface area contributed by atoms with Crippen molar-refractivity contribution < 1.29 is 9.18 Å². The van der Waals surface area contributed by atoms with Crippen molar-refractivity contribution in [2.45, 2.75) is 25.4 Å². The average Bonchev–Trinajstić information content (AvgIpc) is 3.30. The summed E-state index contributed by atoms with van der Waals surface area (Å²) in [5.74, 6) is -0.290. The van der Waals surface area contributed by atoms with E-state index in [9.17, 15) is 9.18 Å². The summed E-state index contributed by atoms with van der Waals surface area (Å²) in [5, 5.41) is 0.554. The SMILES string of the molecule is O=C(c1cccc(Cl)c1)N(Cc1ccc(F)cc1)C1CC1. The molecule has 0 aliphatic heterocycles. The van der Waals surface area contributed by atoms with Crippen molar-refractivity contribution in [2.75, 3.05) is 0 Å². The highest BCUT2D eigenvalue weighted by atomic mass is 35.5. The van der Waals surface area contributed by atoms with Crippen LogP contribution in [0.2, 0.25) is 5.02 Å². The van der Waals surface area contributed by atoms with Gasteiger partial charge in [-0.05, 0) is 48.7 Å². The number of hydrogen-bond donors (Lipinski definition) is 0. The summed E-state index contributed by atoms with van der Waals surface area (Å²) in [5.41, 5.74) is 1.52. The zero-order valence-electron chi connectivity index (χ0n) is 11.4. The van der Waals surface area contributed by atoms with Crippen molar-refractivity contribution in [3.05, 3.63) is 70.5 Å². The van der Waals surface area contributed by atoms with Gasteiger partial charge >= 0.3 is 0 Å². The number of amides is 1. The van der Waals surface area contributed by atoms with Gasteiger partial charge in [0.15, 0.2) is 0 Å². The van der Waals surface area contributed by atoms with Crippen molar-refractivity contribution in [2.24, 2.45) is 0 Å². The van der Waals surface area contributed by atoms with Gasteiger partial charge in [0.2, 0.25) is 0 Å². The molecule has 2 aromatic rings. The maximum atomic E-state index is 13.0. The van der Waals surface area contributed by atoms with Gasteiger partial charge in [0, 0.05) is 23.2 Å². The summed E-state index contributed by atoms with van der Waals surface area (Å²) in [6.07, 6.45) is 2.04. The van der Waals surface area contributed by atoms with Gasteiger partial charge in [-0.1, -0.05) is 29.8 Å². The number of carbonyl (C=O) groups is 1. The van der Waals surface area contributed by atoms with Crippen molar-refractivity contribution >= 4 is 17.5 Å². The minimum Gasteiger partial charge on any atom is -0.331 e. The predicted octanol–water partition coefficient (Wildman–Crippen LogP) is 4.28. The molecule has 0 radical (unpaired) electrons. The minimum absolute atomic E-state index is 0.0238. The molecule has 2 aromatic carbocycles. The van der Waals surface area contributed by atoms with E-state index in [4.69, 9.17) is 11.6 Å². The lowest BCUT2D eigenvalue weighted by atomic mass is 10.1. The second kappa shape index (κ2) is 5.86. The topological polar surface area (TPSA) is 20.3 Å². The van der Waals surface area contributed by atoms with Gasteiger partial charge in [-0.3, -0.25) is 4.79 Å². The van der Waals surface area contributed by atoms with Crippen LogP contribution in [-0.4, -0.2) is 16.8 Å². The standard InChI is InChI=1S/C17H15ClFNO/c18-14-3-1-2-13(10-14)17(21)20(16-8-9-16)11-12-4-6-15(19)7-5-12/h1-7,10,16H,8-9,11H2. The second-order valence-corrected chi connectivity index (χ2v) is 5.74. The highest BCUT2D eigenvalue weighted by Gasteiger charge is 2.33. The Bertz CT molecular complexity index is 652. The molecule has 1 aliphatic carbocycles. The zero-order valence-corrected chi connectivity index (χ0v) is 12.2. The van der Waals surface area contributed by atoms with Crippen LogP contribution < -0.4 is 0 Å². The largest absolute Gasteiger partial charge is 0.331 e. The van der Waals surface area contributed by atoms with E-state index in [0.717, 1.165) is 18.4 Å². The fourth-order valence-electron chi connectivity index (χ4n) is 2.33. The number of nitrogens with zero attached hydrogens (tertiary/aromatic N) is 1. The van der Waals surface area contributed by atoms with Gasteiger partial charge in [-0.2, -0.15) is 0 Å². The van der Waals surface area contributed by atoms with Crippen LogP contribution in [0.25, 0.3) is 0 Å². The van der Waals surface area contributed by atoms with E-state index in [1.807, 2.05) is 4.90 Å². The van der Waals surface area contributed by atoms with E-state index in [2.05, 4.69) is 0 Å². The quantitative estimate of drug-likeness (QED) is 0.825. The van der Waals surface area contributed by atoms with Gasteiger partial charge in [0.1, 0.15) is 5.82 Å². The molecule has 0 bridgehead atoms. The van der Waals surface area contributed by atoms with Gasteiger partial charge in [-0.25, -0.2) is 4.39 Å². The highest BCUT2D eigenvalue weighted by molar-refractivity contribution is 6.30. The van der Waals surface area contributed by atoms with E-state index in [0.29, 0.717) is 17.1 Å². The molecule has 1 saturated carbocycles. The predicted molar refractivity (Wildman–Crippen MR) is 80.7 cm³/mol. The lowest BCUT2D eigenvalue weighted by molar-refractivity contribution is 0.0730. The van der Waals surface area contributed by atoms with Crippen LogP contribution in [0.1, 0.15) is 28.8 Å². The maximum Gasteiger partial charge on any atom is 0.254 e. The molecule has 0 unspecified atom stereocenters. The number of rotatable bonds is 4. The molecule has 0 atom stereocenters. The molecule has 1 amide bonds. The van der Waals surface area contributed by atoms with Crippen molar-refractivity contribution in [1.29, 1.82) is 0 Å². The molecule has 0 N–H and O–H groups in total. The van der Waals surface area contributed by atoms with Gasteiger partial charge in [-0.15, -0.1) is 0 Å². The van der Waals surface area contributed by atoms with Gasteiger partial charge < -0.3 is 4.90 Å². The lowest BCUT2D eigenvalue weighted by Crippen LogP contribution is -2.32. The molecule has 2 nitrogen and oxygen atoms in total. The average molecular weight is 304 g/mol. The normalized spacial score (nSPS) is 14.0. The molecule has 108 valence electrons. The first-order chi connectivity index (χ1) is 10.1. The van der Waals surface area contributed by atoms with Crippen molar-refractivity contribution in [1.82, 2.24) is 4.90 Å². The Morgan fingerprint density at radius 1 is 1.19 bits per heavy atom. The Balaban J connectivity index is 1.81. The summed E-state index contributed by atoms with van der Waals surface area (Å²) < 4.78 is 13.0. The molecule has 4 heteroatoms. The van der Waals surface area contributed by atoms with Crippen LogP contribution in [0.5, 0.6) is 0 Å². The van der Waals surface area contributed by atoms with Crippen LogP contribution >= 0.6 is 11.6 Å². The van der Waals surface area contributed by atoms with Crippen molar-refractivity contribution in [3.63, 3.8) is 0 Å². The Labute approximate surface area is 128 Å². The first-order valence-electron chi connectivity index (χ1n) is 6.94. The van der Waals surface area contributed by atoms with E-state index in [-0.39, 0.29) is 17.8 Å². The number of hydrogen-bond acceptors (Lipinski definition) is 1.